The summed E-state index contributed by atoms with van der Waals surface area (Å²) in [6.07, 6.45) is 0.806. The summed E-state index contributed by atoms with van der Waals surface area (Å²) >= 11 is 1.57. The summed E-state index contributed by atoms with van der Waals surface area (Å²) in [6.45, 7) is 8.15. The van der Waals surface area contributed by atoms with E-state index in [2.05, 4.69) is 10.3 Å². The molecule has 0 aliphatic carbocycles. The molecule has 0 aliphatic heterocycles. The number of nitrogens with zero attached hydrogens (tertiary/aromatic N) is 1. The molecule has 0 bridgehead atoms. The summed E-state index contributed by atoms with van der Waals surface area (Å²) in [4.78, 5) is 16.0. The minimum Gasteiger partial charge on any atom is -0.497 e. The summed E-state index contributed by atoms with van der Waals surface area (Å²) in [5.41, 5.74) is 2.41. The standard InChI is InChI=1S/C25H30N2O5S/c1-16-14-22(32-25(3,4)23(28)29)17(2)13-21(16)31-12-6-11-26-24-27-20(15-33-24)18-7-9-19(30-5)10-8-18/h7-10,13-15H,6,11-12H2,1-5H3,(H,26,27)(H,28,29). The summed E-state index contributed by atoms with van der Waals surface area (Å²) in [5.74, 6) is 1.13. The highest BCUT2D eigenvalue weighted by Crippen LogP contribution is 2.31. The van der Waals surface area contributed by atoms with Gasteiger partial charge in [-0.25, -0.2) is 9.78 Å². The third-order valence-corrected chi connectivity index (χ3v) is 5.90. The van der Waals surface area contributed by atoms with Gasteiger partial charge in [0.15, 0.2) is 10.7 Å². The van der Waals surface area contributed by atoms with Crippen molar-refractivity contribution in [2.75, 3.05) is 25.6 Å². The monoisotopic (exact) mass is 470 g/mol. The number of anilines is 1. The van der Waals surface area contributed by atoms with Crippen molar-refractivity contribution in [1.29, 1.82) is 0 Å². The average molecular weight is 471 g/mol. The van der Waals surface area contributed by atoms with Crippen LogP contribution in [-0.2, 0) is 4.79 Å². The maximum Gasteiger partial charge on any atom is 0.347 e. The number of nitrogens with one attached hydrogen (secondary N) is 1. The van der Waals surface area contributed by atoms with Crippen molar-refractivity contribution in [2.45, 2.75) is 39.7 Å². The Hall–Kier alpha value is -3.26. The van der Waals surface area contributed by atoms with E-state index in [1.807, 2.05) is 55.6 Å². The molecule has 2 aromatic carbocycles. The van der Waals surface area contributed by atoms with E-state index in [0.29, 0.717) is 12.4 Å². The minimum atomic E-state index is -1.30. The van der Waals surface area contributed by atoms with E-state index in [1.54, 1.807) is 18.4 Å². The molecule has 0 atom stereocenters. The molecule has 1 aromatic heterocycles. The van der Waals surface area contributed by atoms with Crippen LogP contribution in [0.25, 0.3) is 11.3 Å². The van der Waals surface area contributed by atoms with E-state index in [-0.39, 0.29) is 0 Å². The highest BCUT2D eigenvalue weighted by Gasteiger charge is 2.30. The van der Waals surface area contributed by atoms with Crippen LogP contribution in [0.2, 0.25) is 0 Å². The Morgan fingerprint density at radius 1 is 1.12 bits per heavy atom. The molecule has 0 saturated carbocycles. The van der Waals surface area contributed by atoms with Gasteiger partial charge in [-0.3, -0.25) is 0 Å². The second-order valence-corrected chi connectivity index (χ2v) is 9.05. The fraction of sp³-hybridized carbons (Fsp3) is 0.360. The molecule has 176 valence electrons. The van der Waals surface area contributed by atoms with Gasteiger partial charge in [-0.2, -0.15) is 0 Å². The van der Waals surface area contributed by atoms with Gasteiger partial charge in [-0.15, -0.1) is 11.3 Å². The predicted octanol–water partition coefficient (Wildman–Crippen LogP) is 5.56. The van der Waals surface area contributed by atoms with Gasteiger partial charge in [0.25, 0.3) is 0 Å². The fourth-order valence-corrected chi connectivity index (χ4v) is 3.79. The van der Waals surface area contributed by atoms with Gasteiger partial charge in [-0.1, -0.05) is 0 Å². The molecule has 0 amide bonds. The lowest BCUT2D eigenvalue weighted by atomic mass is 10.1. The van der Waals surface area contributed by atoms with Gasteiger partial charge in [0, 0.05) is 17.5 Å². The third kappa shape index (κ3) is 6.38. The van der Waals surface area contributed by atoms with E-state index in [1.165, 1.54) is 13.8 Å². The Labute approximate surface area is 198 Å². The molecule has 0 aliphatic rings. The number of rotatable bonds is 11. The average Bonchev–Trinajstić information content (AvgIpc) is 3.25. The molecular weight excluding hydrogens is 440 g/mol. The molecule has 0 fully saturated rings. The van der Waals surface area contributed by atoms with Crippen LogP contribution in [0, 0.1) is 13.8 Å². The molecule has 3 aromatic rings. The summed E-state index contributed by atoms with van der Waals surface area (Å²) < 4.78 is 16.8. The SMILES string of the molecule is COc1ccc(-c2csc(NCCCOc3cc(C)c(OC(C)(C)C(=O)O)cc3C)n2)cc1. The van der Waals surface area contributed by atoms with Crippen LogP contribution >= 0.6 is 11.3 Å². The number of benzene rings is 2. The molecule has 33 heavy (non-hydrogen) atoms. The van der Waals surface area contributed by atoms with Crippen LogP contribution in [-0.4, -0.2) is 41.9 Å². The van der Waals surface area contributed by atoms with Crippen LogP contribution < -0.4 is 19.5 Å². The second kappa shape index (κ2) is 10.6. The Kier molecular flexibility index (Phi) is 7.81. The van der Waals surface area contributed by atoms with Crippen molar-refractivity contribution >= 4 is 22.4 Å². The number of carboxylic acid groups (broad SMARTS) is 1. The zero-order chi connectivity index (χ0) is 24.0. The molecule has 8 heteroatoms. The van der Waals surface area contributed by atoms with E-state index < -0.39 is 11.6 Å². The number of carboxylic acids is 1. The van der Waals surface area contributed by atoms with Crippen LogP contribution in [0.3, 0.4) is 0 Å². The van der Waals surface area contributed by atoms with Gasteiger partial charge in [0.05, 0.1) is 19.4 Å². The highest BCUT2D eigenvalue weighted by molar-refractivity contribution is 7.14. The van der Waals surface area contributed by atoms with Crippen LogP contribution in [0.5, 0.6) is 17.2 Å². The van der Waals surface area contributed by atoms with Crippen molar-refractivity contribution in [2.24, 2.45) is 0 Å². The van der Waals surface area contributed by atoms with Crippen molar-refractivity contribution in [1.82, 2.24) is 4.98 Å². The maximum absolute atomic E-state index is 11.3. The molecule has 0 spiro atoms. The Morgan fingerprint density at radius 3 is 2.45 bits per heavy atom. The number of aryl methyl sites for hydroxylation is 2. The molecule has 0 saturated heterocycles. The molecule has 2 N–H and O–H groups in total. The van der Waals surface area contributed by atoms with Gasteiger partial charge in [0.1, 0.15) is 17.2 Å². The third-order valence-electron chi connectivity index (χ3n) is 5.10. The number of aliphatic carboxylic acids is 1. The number of ether oxygens (including phenoxy) is 3. The minimum absolute atomic E-state index is 0.546. The topological polar surface area (TPSA) is 89.9 Å². The van der Waals surface area contributed by atoms with Gasteiger partial charge in [0.2, 0.25) is 0 Å². The lowest BCUT2D eigenvalue weighted by molar-refractivity contribution is -0.152. The molecule has 0 radical (unpaired) electrons. The first kappa shape index (κ1) is 24.4. The first-order chi connectivity index (χ1) is 15.7. The lowest BCUT2D eigenvalue weighted by Crippen LogP contribution is -2.38. The highest BCUT2D eigenvalue weighted by atomic mass is 32.1. The number of hydrogen-bond acceptors (Lipinski definition) is 7. The zero-order valence-corrected chi connectivity index (χ0v) is 20.4. The number of aromatic nitrogens is 1. The number of thiazole rings is 1. The smallest absolute Gasteiger partial charge is 0.347 e. The molecule has 3 rings (SSSR count). The van der Waals surface area contributed by atoms with E-state index in [4.69, 9.17) is 14.2 Å². The van der Waals surface area contributed by atoms with Crippen molar-refractivity contribution in [3.8, 4) is 28.5 Å². The molecule has 1 heterocycles. The van der Waals surface area contributed by atoms with E-state index in [9.17, 15) is 9.90 Å². The van der Waals surface area contributed by atoms with Gasteiger partial charge >= 0.3 is 5.97 Å². The predicted molar refractivity (Wildman–Crippen MR) is 131 cm³/mol. The summed E-state index contributed by atoms with van der Waals surface area (Å²) in [6, 6.07) is 11.6. The van der Waals surface area contributed by atoms with Crippen molar-refractivity contribution in [3.05, 3.63) is 52.9 Å². The Balaban J connectivity index is 1.48. The van der Waals surface area contributed by atoms with Crippen molar-refractivity contribution < 1.29 is 24.1 Å². The number of methoxy groups -OCH3 is 1. The first-order valence-electron chi connectivity index (χ1n) is 10.7. The van der Waals surface area contributed by atoms with Crippen molar-refractivity contribution in [3.63, 3.8) is 0 Å². The summed E-state index contributed by atoms with van der Waals surface area (Å²) in [5, 5.41) is 15.5. The largest absolute Gasteiger partial charge is 0.497 e. The van der Waals surface area contributed by atoms with Crippen LogP contribution in [0.1, 0.15) is 31.4 Å². The number of hydrogen-bond donors (Lipinski definition) is 2. The summed E-state index contributed by atoms with van der Waals surface area (Å²) in [7, 11) is 1.65. The van der Waals surface area contributed by atoms with Crippen LogP contribution in [0.15, 0.2) is 41.8 Å². The molecule has 0 unspecified atom stereocenters. The molecular formula is C25H30N2O5S. The van der Waals surface area contributed by atoms with Gasteiger partial charge in [-0.05, 0) is 81.6 Å². The fourth-order valence-electron chi connectivity index (χ4n) is 3.05. The second-order valence-electron chi connectivity index (χ2n) is 8.20. The quantitative estimate of drug-likeness (QED) is 0.355. The van der Waals surface area contributed by atoms with E-state index >= 15 is 0 Å². The molecule has 7 nitrogen and oxygen atoms in total. The lowest BCUT2D eigenvalue weighted by Gasteiger charge is -2.23. The Bertz CT molecular complexity index is 1090. The van der Waals surface area contributed by atoms with Gasteiger partial charge < -0.3 is 24.6 Å². The van der Waals surface area contributed by atoms with E-state index in [0.717, 1.165) is 52.0 Å². The number of carbonyl (C=O) groups is 1. The Morgan fingerprint density at radius 2 is 1.79 bits per heavy atom. The van der Waals surface area contributed by atoms with Crippen LogP contribution in [0.4, 0.5) is 5.13 Å². The first-order valence-corrected chi connectivity index (χ1v) is 11.6. The maximum atomic E-state index is 11.3. The zero-order valence-electron chi connectivity index (χ0n) is 19.6. The normalized spacial score (nSPS) is 11.2.